The Morgan fingerprint density at radius 2 is 1.73 bits per heavy atom. The Labute approximate surface area is 91.5 Å². The topological polar surface area (TPSA) is 34.9 Å². The second-order valence-electron chi connectivity index (χ2n) is 5.90. The van der Waals surface area contributed by atoms with Crippen LogP contribution in [-0.4, -0.2) is 16.1 Å². The van der Waals surface area contributed by atoms with Gasteiger partial charge in [0.05, 0.1) is 5.54 Å². The van der Waals surface area contributed by atoms with Gasteiger partial charge in [0.15, 0.2) is 6.29 Å². The molecule has 1 heterocycles. The molecule has 0 saturated heterocycles. The van der Waals surface area contributed by atoms with E-state index < -0.39 is 0 Å². The molecule has 0 bridgehead atoms. The normalized spacial score (nSPS) is 12.9. The second-order valence-corrected chi connectivity index (χ2v) is 5.90. The maximum atomic E-state index is 10.8. The first kappa shape index (κ1) is 12.0. The zero-order valence-electron chi connectivity index (χ0n) is 10.5. The van der Waals surface area contributed by atoms with Gasteiger partial charge < -0.3 is 0 Å². The molecule has 1 rings (SSSR count). The van der Waals surface area contributed by atoms with E-state index in [1.165, 1.54) is 0 Å². The molecule has 3 nitrogen and oxygen atoms in total. The lowest BCUT2D eigenvalue weighted by Gasteiger charge is -2.28. The number of carbonyl (C=O) groups excluding carboxylic acids is 1. The van der Waals surface area contributed by atoms with Crippen LogP contribution in [0.5, 0.6) is 0 Å². The summed E-state index contributed by atoms with van der Waals surface area (Å²) in [6.07, 6.45) is 0.803. The van der Waals surface area contributed by atoms with Crippen LogP contribution in [0.4, 0.5) is 0 Å². The highest BCUT2D eigenvalue weighted by molar-refractivity contribution is 5.71. The van der Waals surface area contributed by atoms with Crippen LogP contribution < -0.4 is 0 Å². The molecule has 0 saturated carbocycles. The van der Waals surface area contributed by atoms with E-state index in [1.807, 2.05) is 10.7 Å². The fourth-order valence-electron chi connectivity index (χ4n) is 1.50. The number of hydrogen-bond donors (Lipinski definition) is 0. The summed E-state index contributed by atoms with van der Waals surface area (Å²) in [5, 5.41) is 4.32. The maximum absolute atomic E-state index is 10.8. The van der Waals surface area contributed by atoms with E-state index in [9.17, 15) is 4.79 Å². The Balaban J connectivity index is 3.37. The van der Waals surface area contributed by atoms with Crippen LogP contribution in [0, 0.1) is 0 Å². The molecular formula is C12H20N2O. The van der Waals surface area contributed by atoms with E-state index in [4.69, 9.17) is 0 Å². The summed E-state index contributed by atoms with van der Waals surface area (Å²) in [6.45, 7) is 12.6. The summed E-state index contributed by atoms with van der Waals surface area (Å²) < 4.78 is 1.94. The summed E-state index contributed by atoms with van der Waals surface area (Å²) in [7, 11) is 0. The van der Waals surface area contributed by atoms with E-state index in [0.717, 1.165) is 12.0 Å². The van der Waals surface area contributed by atoms with Gasteiger partial charge in [-0.05, 0) is 26.8 Å². The van der Waals surface area contributed by atoms with Crippen LogP contribution in [-0.2, 0) is 11.0 Å². The molecule has 1 aromatic heterocycles. The SMILES string of the molecule is CC(C)(C)c1cc(C=O)nn1C(C)(C)C. The smallest absolute Gasteiger partial charge is 0.170 e. The standard InChI is InChI=1S/C12H20N2O/c1-11(2,3)10-7-9(8-15)13-14(10)12(4,5)6/h7-8H,1-6H3. The minimum Gasteiger partial charge on any atom is -0.296 e. The third kappa shape index (κ3) is 2.46. The lowest BCUT2D eigenvalue weighted by molar-refractivity contribution is 0.111. The molecule has 0 spiro atoms. The molecule has 15 heavy (non-hydrogen) atoms. The quantitative estimate of drug-likeness (QED) is 0.665. The largest absolute Gasteiger partial charge is 0.296 e. The van der Waals surface area contributed by atoms with Crippen LogP contribution in [0.15, 0.2) is 6.07 Å². The summed E-state index contributed by atoms with van der Waals surface area (Å²) in [6, 6.07) is 1.87. The van der Waals surface area contributed by atoms with Crippen LogP contribution >= 0.6 is 0 Å². The van der Waals surface area contributed by atoms with E-state index >= 15 is 0 Å². The monoisotopic (exact) mass is 208 g/mol. The molecule has 0 aliphatic heterocycles. The second kappa shape index (κ2) is 3.47. The Kier molecular flexibility index (Phi) is 2.77. The third-order valence-electron chi connectivity index (χ3n) is 2.25. The maximum Gasteiger partial charge on any atom is 0.170 e. The number of rotatable bonds is 1. The number of nitrogens with zero attached hydrogens (tertiary/aromatic N) is 2. The van der Waals surface area contributed by atoms with Gasteiger partial charge in [-0.1, -0.05) is 20.8 Å². The van der Waals surface area contributed by atoms with Gasteiger partial charge in [0, 0.05) is 11.1 Å². The third-order valence-corrected chi connectivity index (χ3v) is 2.25. The predicted octanol–water partition coefficient (Wildman–Crippen LogP) is 2.75. The molecule has 0 aromatic carbocycles. The van der Waals surface area contributed by atoms with E-state index in [-0.39, 0.29) is 11.0 Å². The van der Waals surface area contributed by atoms with E-state index in [2.05, 4.69) is 46.6 Å². The summed E-state index contributed by atoms with van der Waals surface area (Å²) in [4.78, 5) is 10.8. The van der Waals surface area contributed by atoms with Gasteiger partial charge in [-0.2, -0.15) is 5.10 Å². The summed E-state index contributed by atoms with van der Waals surface area (Å²) in [5.41, 5.74) is 1.51. The van der Waals surface area contributed by atoms with Gasteiger partial charge in [-0.25, -0.2) is 0 Å². The van der Waals surface area contributed by atoms with Gasteiger partial charge in [-0.15, -0.1) is 0 Å². The molecule has 0 aliphatic carbocycles. The Morgan fingerprint density at radius 3 is 2.00 bits per heavy atom. The van der Waals surface area contributed by atoms with Crippen molar-refractivity contribution >= 4 is 6.29 Å². The molecule has 0 N–H and O–H groups in total. The van der Waals surface area contributed by atoms with Gasteiger partial charge in [0.2, 0.25) is 0 Å². The van der Waals surface area contributed by atoms with Crippen molar-refractivity contribution in [3.05, 3.63) is 17.5 Å². The molecule has 0 aliphatic rings. The minimum atomic E-state index is -0.0934. The molecule has 0 radical (unpaired) electrons. The van der Waals surface area contributed by atoms with Gasteiger partial charge in [0.25, 0.3) is 0 Å². The lowest BCUT2D eigenvalue weighted by Crippen LogP contribution is -2.30. The molecule has 0 unspecified atom stereocenters. The van der Waals surface area contributed by atoms with Crippen molar-refractivity contribution in [2.24, 2.45) is 0 Å². The molecule has 84 valence electrons. The minimum absolute atomic E-state index is 0.00153. The van der Waals surface area contributed by atoms with Crippen molar-refractivity contribution in [3.63, 3.8) is 0 Å². The zero-order valence-corrected chi connectivity index (χ0v) is 10.5. The van der Waals surface area contributed by atoms with Crippen LogP contribution in [0.25, 0.3) is 0 Å². The number of aromatic nitrogens is 2. The van der Waals surface area contributed by atoms with Crippen LogP contribution in [0.1, 0.15) is 57.7 Å². The van der Waals surface area contributed by atoms with Crippen molar-refractivity contribution in [1.29, 1.82) is 0 Å². The van der Waals surface area contributed by atoms with Crippen molar-refractivity contribution in [3.8, 4) is 0 Å². The molecule has 1 aromatic rings. The molecule has 3 heteroatoms. The lowest BCUT2D eigenvalue weighted by atomic mass is 9.90. The Bertz CT molecular complexity index is 332. The van der Waals surface area contributed by atoms with Gasteiger partial charge in [-0.3, -0.25) is 9.48 Å². The van der Waals surface area contributed by atoms with Crippen molar-refractivity contribution < 1.29 is 4.79 Å². The average Bonchev–Trinajstić information content (AvgIpc) is 2.44. The van der Waals surface area contributed by atoms with Gasteiger partial charge >= 0.3 is 0 Å². The van der Waals surface area contributed by atoms with Crippen LogP contribution in [0.2, 0.25) is 0 Å². The Morgan fingerprint density at radius 1 is 1.20 bits per heavy atom. The predicted molar refractivity (Wildman–Crippen MR) is 61.3 cm³/mol. The highest BCUT2D eigenvalue weighted by Crippen LogP contribution is 2.27. The van der Waals surface area contributed by atoms with E-state index in [0.29, 0.717) is 5.69 Å². The fourth-order valence-corrected chi connectivity index (χ4v) is 1.50. The van der Waals surface area contributed by atoms with Gasteiger partial charge in [0.1, 0.15) is 5.69 Å². The average molecular weight is 208 g/mol. The molecular weight excluding hydrogens is 188 g/mol. The first-order chi connectivity index (χ1) is 6.66. The summed E-state index contributed by atoms with van der Waals surface area (Å²) >= 11 is 0. The zero-order chi connectivity index (χ0) is 11.9. The fraction of sp³-hybridized carbons (Fsp3) is 0.667. The first-order valence-electron chi connectivity index (χ1n) is 5.22. The van der Waals surface area contributed by atoms with Crippen molar-refractivity contribution in [2.75, 3.05) is 0 Å². The summed E-state index contributed by atoms with van der Waals surface area (Å²) in [5.74, 6) is 0. The number of carbonyl (C=O) groups is 1. The van der Waals surface area contributed by atoms with E-state index in [1.54, 1.807) is 0 Å². The van der Waals surface area contributed by atoms with Crippen LogP contribution in [0.3, 0.4) is 0 Å². The van der Waals surface area contributed by atoms with Crippen molar-refractivity contribution in [1.82, 2.24) is 9.78 Å². The molecule has 0 fully saturated rings. The number of hydrogen-bond acceptors (Lipinski definition) is 2. The Hall–Kier alpha value is -1.12. The first-order valence-corrected chi connectivity index (χ1v) is 5.22. The molecule has 0 atom stereocenters. The highest BCUT2D eigenvalue weighted by atomic mass is 16.1. The molecule has 0 amide bonds. The highest BCUT2D eigenvalue weighted by Gasteiger charge is 2.26. The number of aldehydes is 1. The van der Waals surface area contributed by atoms with Crippen molar-refractivity contribution in [2.45, 2.75) is 52.5 Å².